The van der Waals surface area contributed by atoms with Gasteiger partial charge < -0.3 is 20.4 Å². The van der Waals surface area contributed by atoms with Crippen LogP contribution in [0.3, 0.4) is 0 Å². The molecule has 0 aliphatic carbocycles. The number of hydrogen-bond acceptors (Lipinski definition) is 4. The average molecular weight is 431 g/mol. The molecule has 0 aromatic heterocycles. The fourth-order valence-electron chi connectivity index (χ4n) is 4.01. The minimum absolute atomic E-state index is 0.253. The maximum atomic E-state index is 11.8. The van der Waals surface area contributed by atoms with Crippen molar-refractivity contribution in [3.8, 4) is 0 Å². The predicted molar refractivity (Wildman–Crippen MR) is 120 cm³/mol. The van der Waals surface area contributed by atoms with Crippen LogP contribution >= 0.6 is 0 Å². The zero-order chi connectivity index (χ0) is 22.9. The van der Waals surface area contributed by atoms with Gasteiger partial charge in [-0.1, -0.05) is 104 Å². The van der Waals surface area contributed by atoms with Crippen LogP contribution < -0.4 is 0 Å². The fourth-order valence-corrected chi connectivity index (χ4v) is 4.01. The third kappa shape index (κ3) is 10.3. The largest absolute Gasteiger partial charge is 0.479 e. The molecule has 0 saturated heterocycles. The number of aliphatic carboxylic acids is 2. The molecule has 0 spiro atoms. The molecule has 0 aliphatic rings. The van der Waals surface area contributed by atoms with Gasteiger partial charge in [0.15, 0.2) is 0 Å². The number of carboxylic acids is 2. The van der Waals surface area contributed by atoms with Crippen molar-refractivity contribution in [3.05, 3.63) is 0 Å². The van der Waals surface area contributed by atoms with E-state index in [0.29, 0.717) is 12.8 Å². The fraction of sp³-hybridized carbons (Fsp3) is 0.917. The summed E-state index contributed by atoms with van der Waals surface area (Å²) in [5, 5.41) is 40.6. The van der Waals surface area contributed by atoms with Gasteiger partial charge in [0.05, 0.1) is 0 Å². The Bertz CT molecular complexity index is 425. The van der Waals surface area contributed by atoms with Crippen molar-refractivity contribution < 1.29 is 30.0 Å². The summed E-state index contributed by atoms with van der Waals surface area (Å²) in [7, 11) is 0. The third-order valence-electron chi connectivity index (χ3n) is 6.18. The molecule has 0 bridgehead atoms. The van der Waals surface area contributed by atoms with Crippen LogP contribution in [0.15, 0.2) is 0 Å². The number of aliphatic hydroxyl groups is 2. The summed E-state index contributed by atoms with van der Waals surface area (Å²) in [4.78, 5) is 23.5. The minimum atomic E-state index is -2.66. The third-order valence-corrected chi connectivity index (χ3v) is 6.18. The zero-order valence-corrected chi connectivity index (χ0v) is 19.3. The Balaban J connectivity index is 4.57. The summed E-state index contributed by atoms with van der Waals surface area (Å²) >= 11 is 0. The van der Waals surface area contributed by atoms with Gasteiger partial charge in [-0.15, -0.1) is 0 Å². The molecule has 0 amide bonds. The molecule has 30 heavy (non-hydrogen) atoms. The molecule has 0 saturated carbocycles. The zero-order valence-electron chi connectivity index (χ0n) is 19.3. The standard InChI is InChI=1S/C24H46O6/c1-3-5-7-9-11-13-15-17-19-23(29,21(25)26)24(30,22(27)28)20-18-16-14-12-10-8-6-4-2/h29-30H,3-20H2,1-2H3,(H,25,26)(H,27,28). The molecule has 0 aliphatic heterocycles. The Kier molecular flexibility index (Phi) is 15.9. The quantitative estimate of drug-likeness (QED) is 0.174. The molecule has 0 radical (unpaired) electrons. The maximum absolute atomic E-state index is 11.8. The van der Waals surface area contributed by atoms with Crippen LogP contribution in [0.5, 0.6) is 0 Å². The lowest BCUT2D eigenvalue weighted by Gasteiger charge is -2.37. The molecule has 4 N–H and O–H groups in total. The lowest BCUT2D eigenvalue weighted by molar-refractivity contribution is -0.210. The summed E-state index contributed by atoms with van der Waals surface area (Å²) in [6, 6.07) is 0. The van der Waals surface area contributed by atoms with Gasteiger partial charge in [0.2, 0.25) is 11.2 Å². The van der Waals surface area contributed by atoms with Gasteiger partial charge in [0.1, 0.15) is 0 Å². The molecule has 6 nitrogen and oxygen atoms in total. The Hall–Kier alpha value is -1.14. The topological polar surface area (TPSA) is 115 Å². The molecule has 0 rings (SSSR count). The van der Waals surface area contributed by atoms with Gasteiger partial charge in [0.25, 0.3) is 0 Å². The van der Waals surface area contributed by atoms with Crippen LogP contribution in [0, 0.1) is 0 Å². The van der Waals surface area contributed by atoms with Crippen molar-refractivity contribution in [1.82, 2.24) is 0 Å². The first-order valence-electron chi connectivity index (χ1n) is 12.2. The smallest absolute Gasteiger partial charge is 0.339 e. The molecular formula is C24H46O6. The Morgan fingerprint density at radius 1 is 0.500 bits per heavy atom. The van der Waals surface area contributed by atoms with Crippen molar-refractivity contribution in [2.24, 2.45) is 0 Å². The van der Waals surface area contributed by atoms with Crippen molar-refractivity contribution in [2.75, 3.05) is 0 Å². The van der Waals surface area contributed by atoms with E-state index in [1.807, 2.05) is 0 Å². The van der Waals surface area contributed by atoms with Gasteiger partial charge in [-0.25, -0.2) is 9.59 Å². The minimum Gasteiger partial charge on any atom is -0.479 e. The average Bonchev–Trinajstić information content (AvgIpc) is 2.71. The highest BCUT2D eigenvalue weighted by molar-refractivity contribution is 5.90. The van der Waals surface area contributed by atoms with E-state index in [-0.39, 0.29) is 12.8 Å². The highest BCUT2D eigenvalue weighted by Gasteiger charge is 2.59. The first-order valence-corrected chi connectivity index (χ1v) is 12.2. The van der Waals surface area contributed by atoms with Crippen LogP contribution in [0.1, 0.15) is 129 Å². The maximum Gasteiger partial charge on any atom is 0.339 e. The summed E-state index contributed by atoms with van der Waals surface area (Å²) in [5.41, 5.74) is -5.33. The molecule has 2 unspecified atom stereocenters. The number of carbonyl (C=O) groups is 2. The summed E-state index contributed by atoms with van der Waals surface area (Å²) in [6.07, 6.45) is 15.0. The van der Waals surface area contributed by atoms with Crippen LogP contribution in [-0.4, -0.2) is 43.6 Å². The van der Waals surface area contributed by atoms with Crippen LogP contribution in [0.25, 0.3) is 0 Å². The molecule has 0 heterocycles. The molecule has 178 valence electrons. The lowest BCUT2D eigenvalue weighted by Crippen LogP contribution is -2.63. The lowest BCUT2D eigenvalue weighted by atomic mass is 9.75. The van der Waals surface area contributed by atoms with E-state index in [4.69, 9.17) is 0 Å². The van der Waals surface area contributed by atoms with Crippen LogP contribution in [0.2, 0.25) is 0 Å². The van der Waals surface area contributed by atoms with Crippen LogP contribution in [-0.2, 0) is 9.59 Å². The summed E-state index contributed by atoms with van der Waals surface area (Å²) in [6.45, 7) is 4.31. The molecule has 6 heteroatoms. The second kappa shape index (κ2) is 16.5. The van der Waals surface area contributed by atoms with E-state index in [2.05, 4.69) is 13.8 Å². The van der Waals surface area contributed by atoms with Crippen LogP contribution in [0.4, 0.5) is 0 Å². The number of unbranched alkanes of at least 4 members (excludes halogenated alkanes) is 14. The Labute approximate surface area is 183 Å². The van der Waals surface area contributed by atoms with E-state index in [1.54, 1.807) is 0 Å². The van der Waals surface area contributed by atoms with E-state index < -0.39 is 23.1 Å². The normalized spacial score (nSPS) is 15.5. The molecule has 0 aromatic carbocycles. The second-order valence-corrected chi connectivity index (χ2v) is 8.78. The first-order chi connectivity index (χ1) is 14.3. The number of rotatable bonds is 21. The monoisotopic (exact) mass is 430 g/mol. The Morgan fingerprint density at radius 3 is 0.967 bits per heavy atom. The van der Waals surface area contributed by atoms with Gasteiger partial charge in [-0.3, -0.25) is 0 Å². The number of hydrogen-bond donors (Lipinski definition) is 4. The Morgan fingerprint density at radius 2 is 0.733 bits per heavy atom. The molecule has 2 atom stereocenters. The van der Waals surface area contributed by atoms with Gasteiger partial charge in [-0.05, 0) is 25.7 Å². The SMILES string of the molecule is CCCCCCCCCCC(O)(C(=O)O)C(O)(CCCCCCCCCC)C(=O)O. The molecule has 0 fully saturated rings. The van der Waals surface area contributed by atoms with E-state index in [1.165, 1.54) is 38.5 Å². The highest BCUT2D eigenvalue weighted by Crippen LogP contribution is 2.34. The predicted octanol–water partition coefficient (Wildman–Crippen LogP) is 5.68. The van der Waals surface area contributed by atoms with E-state index in [0.717, 1.165) is 51.4 Å². The number of carboxylic acid groups (broad SMARTS) is 2. The van der Waals surface area contributed by atoms with E-state index >= 15 is 0 Å². The van der Waals surface area contributed by atoms with Crippen molar-refractivity contribution in [3.63, 3.8) is 0 Å². The van der Waals surface area contributed by atoms with Gasteiger partial charge >= 0.3 is 11.9 Å². The molecular weight excluding hydrogens is 384 g/mol. The van der Waals surface area contributed by atoms with Crippen molar-refractivity contribution in [1.29, 1.82) is 0 Å². The molecule has 0 aromatic rings. The van der Waals surface area contributed by atoms with Gasteiger partial charge in [-0.2, -0.15) is 0 Å². The first kappa shape index (κ1) is 28.9. The highest BCUT2D eigenvalue weighted by atomic mass is 16.5. The van der Waals surface area contributed by atoms with E-state index in [9.17, 15) is 30.0 Å². The van der Waals surface area contributed by atoms with Gasteiger partial charge in [0, 0.05) is 0 Å². The second-order valence-electron chi connectivity index (χ2n) is 8.78. The van der Waals surface area contributed by atoms with Crippen molar-refractivity contribution >= 4 is 11.9 Å². The summed E-state index contributed by atoms with van der Waals surface area (Å²) < 4.78 is 0. The summed E-state index contributed by atoms with van der Waals surface area (Å²) in [5.74, 6) is -3.31. The van der Waals surface area contributed by atoms with Crippen molar-refractivity contribution in [2.45, 2.75) is 141 Å².